The first-order chi connectivity index (χ1) is 6.29. The summed E-state index contributed by atoms with van der Waals surface area (Å²) in [6, 6.07) is 0.510. The maximum Gasteiger partial charge on any atom is 0.249 e. The average molecular weight is 181 g/mol. The molecule has 0 radical (unpaired) electrons. The topological polar surface area (TPSA) is 29.5 Å². The molecule has 1 aliphatic carbocycles. The van der Waals surface area contributed by atoms with Crippen LogP contribution in [0.25, 0.3) is 0 Å². The Kier molecular flexibility index (Phi) is 2.36. The van der Waals surface area contributed by atoms with Crippen LogP contribution in [0.4, 0.5) is 0 Å². The van der Waals surface area contributed by atoms with Gasteiger partial charge in [-0.1, -0.05) is 6.08 Å². The number of nitrogens with zero attached hydrogens (tertiary/aromatic N) is 1. The van der Waals surface area contributed by atoms with Gasteiger partial charge in [0.2, 0.25) is 5.91 Å². The number of hydrogen-bond acceptors (Lipinski definition) is 2. The third kappa shape index (κ3) is 1.91. The van der Waals surface area contributed by atoms with Crippen molar-refractivity contribution in [2.45, 2.75) is 25.3 Å². The summed E-state index contributed by atoms with van der Waals surface area (Å²) in [5.74, 6) is 0.200. The van der Waals surface area contributed by atoms with Crippen molar-refractivity contribution in [2.24, 2.45) is 0 Å². The highest BCUT2D eigenvalue weighted by Crippen LogP contribution is 2.27. The molecule has 0 aromatic carbocycles. The normalized spacial score (nSPS) is 22.4. The summed E-state index contributed by atoms with van der Waals surface area (Å²) in [6.45, 7) is 1.29. The van der Waals surface area contributed by atoms with Crippen LogP contribution < -0.4 is 0 Å². The van der Waals surface area contributed by atoms with Crippen LogP contribution in [0.3, 0.4) is 0 Å². The fourth-order valence-corrected chi connectivity index (χ4v) is 1.58. The van der Waals surface area contributed by atoms with E-state index in [1.807, 2.05) is 18.0 Å². The fourth-order valence-electron chi connectivity index (χ4n) is 1.58. The lowest BCUT2D eigenvalue weighted by atomic mass is 10.1. The van der Waals surface area contributed by atoms with Gasteiger partial charge in [0.15, 0.2) is 0 Å². The van der Waals surface area contributed by atoms with Crippen LogP contribution in [0.2, 0.25) is 0 Å². The van der Waals surface area contributed by atoms with E-state index >= 15 is 0 Å². The minimum atomic E-state index is 0.200. The Balaban J connectivity index is 1.98. The molecule has 0 N–H and O–H groups in total. The Labute approximate surface area is 78.4 Å². The van der Waals surface area contributed by atoms with Crippen molar-refractivity contribution in [2.75, 3.05) is 20.3 Å². The molecular weight excluding hydrogens is 166 g/mol. The smallest absolute Gasteiger partial charge is 0.249 e. The van der Waals surface area contributed by atoms with Crippen LogP contribution in [0.5, 0.6) is 0 Å². The van der Waals surface area contributed by atoms with Gasteiger partial charge >= 0.3 is 0 Å². The number of amides is 1. The summed E-state index contributed by atoms with van der Waals surface area (Å²) >= 11 is 0. The average Bonchev–Trinajstić information content (AvgIpc) is 3.00. The molecule has 1 saturated carbocycles. The molecule has 0 aromatic rings. The van der Waals surface area contributed by atoms with Gasteiger partial charge in [0.25, 0.3) is 0 Å². The summed E-state index contributed by atoms with van der Waals surface area (Å²) < 4.78 is 5.16. The summed E-state index contributed by atoms with van der Waals surface area (Å²) in [5, 5.41) is 0. The van der Waals surface area contributed by atoms with E-state index in [0.717, 1.165) is 12.0 Å². The van der Waals surface area contributed by atoms with Gasteiger partial charge < -0.3 is 9.64 Å². The van der Waals surface area contributed by atoms with Gasteiger partial charge in [-0.15, -0.1) is 0 Å². The summed E-state index contributed by atoms with van der Waals surface area (Å²) in [7, 11) is 1.90. The number of rotatable bonds is 2. The summed E-state index contributed by atoms with van der Waals surface area (Å²) in [6.07, 6.45) is 5.03. The highest BCUT2D eigenvalue weighted by molar-refractivity contribution is 5.93. The van der Waals surface area contributed by atoms with Crippen LogP contribution in [-0.2, 0) is 9.53 Å². The summed E-state index contributed by atoms with van der Waals surface area (Å²) in [4.78, 5) is 13.7. The van der Waals surface area contributed by atoms with E-state index < -0.39 is 0 Å². The van der Waals surface area contributed by atoms with Crippen molar-refractivity contribution >= 4 is 5.91 Å². The molecule has 0 aromatic heterocycles. The number of ether oxygens (including phenoxy) is 1. The molecule has 0 bridgehead atoms. The van der Waals surface area contributed by atoms with E-state index in [-0.39, 0.29) is 5.91 Å². The molecule has 0 unspecified atom stereocenters. The monoisotopic (exact) mass is 181 g/mol. The van der Waals surface area contributed by atoms with Crippen molar-refractivity contribution < 1.29 is 9.53 Å². The predicted molar refractivity (Wildman–Crippen MR) is 49.3 cm³/mol. The zero-order valence-corrected chi connectivity index (χ0v) is 7.95. The summed E-state index contributed by atoms with van der Waals surface area (Å²) in [5.41, 5.74) is 0.931. The number of hydrogen-bond donors (Lipinski definition) is 0. The first-order valence-corrected chi connectivity index (χ1v) is 4.83. The van der Waals surface area contributed by atoms with Gasteiger partial charge in [-0.2, -0.15) is 0 Å². The highest BCUT2D eigenvalue weighted by atomic mass is 16.5. The molecule has 1 fully saturated rings. The Morgan fingerprint density at radius 2 is 2.38 bits per heavy atom. The van der Waals surface area contributed by atoms with Gasteiger partial charge in [-0.25, -0.2) is 0 Å². The van der Waals surface area contributed by atoms with Crippen LogP contribution in [0.15, 0.2) is 11.6 Å². The minimum absolute atomic E-state index is 0.200. The van der Waals surface area contributed by atoms with Gasteiger partial charge in [0, 0.05) is 25.1 Å². The zero-order chi connectivity index (χ0) is 9.26. The first kappa shape index (κ1) is 8.75. The van der Waals surface area contributed by atoms with Gasteiger partial charge in [-0.05, 0) is 12.8 Å². The van der Waals surface area contributed by atoms with Gasteiger partial charge in [0.1, 0.15) is 0 Å². The van der Waals surface area contributed by atoms with Crippen LogP contribution >= 0.6 is 0 Å². The van der Waals surface area contributed by atoms with Crippen molar-refractivity contribution in [1.29, 1.82) is 0 Å². The Morgan fingerprint density at radius 1 is 1.62 bits per heavy atom. The third-order valence-electron chi connectivity index (χ3n) is 2.65. The van der Waals surface area contributed by atoms with Crippen LogP contribution in [0, 0.1) is 0 Å². The van der Waals surface area contributed by atoms with E-state index in [9.17, 15) is 4.79 Å². The minimum Gasteiger partial charge on any atom is -0.377 e. The third-order valence-corrected chi connectivity index (χ3v) is 2.65. The number of carbonyl (C=O) groups is 1. The van der Waals surface area contributed by atoms with Gasteiger partial charge in [-0.3, -0.25) is 4.79 Å². The molecule has 3 heteroatoms. The Bertz CT molecular complexity index is 243. The van der Waals surface area contributed by atoms with E-state index in [1.165, 1.54) is 12.8 Å². The lowest BCUT2D eigenvalue weighted by molar-refractivity contribution is -0.126. The molecule has 1 aliphatic heterocycles. The van der Waals surface area contributed by atoms with Crippen LogP contribution in [0.1, 0.15) is 19.3 Å². The Morgan fingerprint density at radius 3 is 2.92 bits per heavy atom. The quantitative estimate of drug-likeness (QED) is 0.635. The lowest BCUT2D eigenvalue weighted by Crippen LogP contribution is -2.31. The van der Waals surface area contributed by atoms with Crippen LogP contribution in [-0.4, -0.2) is 37.1 Å². The standard InChI is InChI=1S/C10H15NO2/c1-11(9-2-3-9)10(12)8-4-6-13-7-5-8/h4,9H,2-3,5-7H2,1H3. The molecule has 72 valence electrons. The first-order valence-electron chi connectivity index (χ1n) is 4.83. The van der Waals surface area contributed by atoms with E-state index in [0.29, 0.717) is 19.3 Å². The van der Waals surface area contributed by atoms with E-state index in [4.69, 9.17) is 4.74 Å². The molecule has 2 aliphatic rings. The fraction of sp³-hybridized carbons (Fsp3) is 0.700. The molecule has 1 amide bonds. The molecular formula is C10H15NO2. The SMILES string of the molecule is CN(C(=O)C1=CCOCC1)C1CC1. The molecule has 2 rings (SSSR count). The molecule has 0 atom stereocenters. The Hall–Kier alpha value is -0.830. The predicted octanol–water partition coefficient (Wildman–Crippen LogP) is 0.954. The zero-order valence-electron chi connectivity index (χ0n) is 7.95. The molecule has 3 nitrogen and oxygen atoms in total. The second kappa shape index (κ2) is 3.50. The highest BCUT2D eigenvalue weighted by Gasteiger charge is 2.30. The molecule has 13 heavy (non-hydrogen) atoms. The maximum atomic E-state index is 11.8. The van der Waals surface area contributed by atoms with Crippen molar-refractivity contribution in [3.05, 3.63) is 11.6 Å². The second-order valence-electron chi connectivity index (χ2n) is 3.70. The molecule has 0 spiro atoms. The maximum absolute atomic E-state index is 11.8. The van der Waals surface area contributed by atoms with E-state index in [2.05, 4.69) is 0 Å². The lowest BCUT2D eigenvalue weighted by Gasteiger charge is -2.20. The largest absolute Gasteiger partial charge is 0.377 e. The number of likely N-dealkylation sites (N-methyl/N-ethyl adjacent to an activating group) is 1. The van der Waals surface area contributed by atoms with Gasteiger partial charge in [0.05, 0.1) is 13.2 Å². The second-order valence-corrected chi connectivity index (χ2v) is 3.70. The van der Waals surface area contributed by atoms with Crippen molar-refractivity contribution in [3.63, 3.8) is 0 Å². The molecule has 0 saturated heterocycles. The number of carbonyl (C=O) groups excluding carboxylic acids is 1. The van der Waals surface area contributed by atoms with E-state index in [1.54, 1.807) is 0 Å². The molecule has 1 heterocycles. The van der Waals surface area contributed by atoms with Crippen molar-refractivity contribution in [1.82, 2.24) is 4.90 Å². The van der Waals surface area contributed by atoms with Crippen molar-refractivity contribution in [3.8, 4) is 0 Å².